The van der Waals surface area contributed by atoms with Crippen LogP contribution in [0.3, 0.4) is 0 Å². The molecule has 10 nitrogen and oxygen atoms in total. The van der Waals surface area contributed by atoms with Gasteiger partial charge in [0, 0.05) is 55.9 Å². The van der Waals surface area contributed by atoms with Crippen LogP contribution in [-0.2, 0) is 16.1 Å². The van der Waals surface area contributed by atoms with Crippen molar-refractivity contribution in [1.82, 2.24) is 19.8 Å². The summed E-state index contributed by atoms with van der Waals surface area (Å²) in [7, 11) is 1.53. The van der Waals surface area contributed by atoms with Gasteiger partial charge in [-0.05, 0) is 42.0 Å². The maximum Gasteiger partial charge on any atom is 0.408 e. The maximum atomic E-state index is 12.8. The van der Waals surface area contributed by atoms with Gasteiger partial charge in [-0.25, -0.2) is 14.8 Å². The van der Waals surface area contributed by atoms with Crippen molar-refractivity contribution in [3.63, 3.8) is 0 Å². The number of carbonyl (C=O) groups excluding carboxylic acids is 1. The summed E-state index contributed by atoms with van der Waals surface area (Å²) in [6, 6.07) is 11.9. The number of methoxy groups -OCH3 is 1. The highest BCUT2D eigenvalue weighted by atomic mass is 35.5. The molecule has 2 heterocycles. The lowest BCUT2D eigenvalue weighted by atomic mass is 10.1. The molecule has 1 aliphatic rings. The molecule has 0 bridgehead atoms. The fraction of sp³-hybridized carbons (Fsp3) is 0.304. The van der Waals surface area contributed by atoms with Crippen molar-refractivity contribution in [2.45, 2.75) is 19.0 Å². The summed E-state index contributed by atoms with van der Waals surface area (Å²) in [4.78, 5) is 35.2. The van der Waals surface area contributed by atoms with Crippen LogP contribution in [0.25, 0.3) is 10.9 Å². The van der Waals surface area contributed by atoms with Crippen molar-refractivity contribution in [3.8, 4) is 0 Å². The second kappa shape index (κ2) is 11.5. The normalized spacial score (nSPS) is 15.7. The van der Waals surface area contributed by atoms with Crippen LogP contribution >= 0.6 is 11.6 Å². The molecular formula is C23H27ClN6O4. The van der Waals surface area contributed by atoms with Gasteiger partial charge < -0.3 is 26.2 Å². The second-order valence-electron chi connectivity index (χ2n) is 7.69. The van der Waals surface area contributed by atoms with E-state index >= 15 is 0 Å². The van der Waals surface area contributed by atoms with Gasteiger partial charge in [-0.1, -0.05) is 17.7 Å². The molecule has 11 heteroatoms. The molecule has 5 N–H and O–H groups in total. The third-order valence-electron chi connectivity index (χ3n) is 5.40. The number of halogens is 1. The van der Waals surface area contributed by atoms with E-state index < -0.39 is 12.1 Å². The van der Waals surface area contributed by atoms with Crippen LogP contribution in [0.15, 0.2) is 48.8 Å². The van der Waals surface area contributed by atoms with Gasteiger partial charge in [-0.2, -0.15) is 0 Å². The molecule has 2 amide bonds. The number of fused-ring (bicyclic) bond motifs is 1. The predicted octanol–water partition coefficient (Wildman–Crippen LogP) is 2.86. The average Bonchev–Trinajstić information content (AvgIpc) is 2.82. The molecule has 1 saturated heterocycles. The first-order valence-electron chi connectivity index (χ1n) is 10.6. The fourth-order valence-electron chi connectivity index (χ4n) is 3.64. The Balaban J connectivity index is 0.000000343. The van der Waals surface area contributed by atoms with Gasteiger partial charge in [-0.3, -0.25) is 9.69 Å². The minimum Gasteiger partial charge on any atom is -0.465 e. The smallest absolute Gasteiger partial charge is 0.408 e. The van der Waals surface area contributed by atoms with Crippen molar-refractivity contribution in [2.75, 3.05) is 38.3 Å². The van der Waals surface area contributed by atoms with E-state index in [2.05, 4.69) is 9.97 Å². The predicted molar refractivity (Wildman–Crippen MR) is 130 cm³/mol. The van der Waals surface area contributed by atoms with Crippen LogP contribution < -0.4 is 11.5 Å². The van der Waals surface area contributed by atoms with E-state index in [1.807, 2.05) is 18.2 Å². The van der Waals surface area contributed by atoms with Crippen LogP contribution in [0.5, 0.6) is 0 Å². The number of hydrogen-bond donors (Lipinski definition) is 3. The van der Waals surface area contributed by atoms with Gasteiger partial charge in [0.2, 0.25) is 5.91 Å². The molecule has 1 atom stereocenters. The van der Waals surface area contributed by atoms with Gasteiger partial charge >= 0.3 is 6.09 Å². The first-order valence-corrected chi connectivity index (χ1v) is 11.0. The van der Waals surface area contributed by atoms with Gasteiger partial charge in [-0.15, -0.1) is 0 Å². The monoisotopic (exact) mass is 486 g/mol. The Labute approximate surface area is 202 Å². The van der Waals surface area contributed by atoms with Crippen molar-refractivity contribution >= 4 is 46.0 Å². The zero-order valence-corrected chi connectivity index (χ0v) is 19.5. The summed E-state index contributed by atoms with van der Waals surface area (Å²) in [5, 5.41) is 10.8. The number of anilines is 2. The van der Waals surface area contributed by atoms with Gasteiger partial charge in [0.05, 0.1) is 5.52 Å². The molecule has 180 valence electrons. The number of carboxylic acid groups (broad SMARTS) is 1. The number of ether oxygens (including phenoxy) is 1. The van der Waals surface area contributed by atoms with E-state index in [9.17, 15) is 14.7 Å². The summed E-state index contributed by atoms with van der Waals surface area (Å²) in [6.45, 7) is 1.33. The van der Waals surface area contributed by atoms with Crippen molar-refractivity contribution < 1.29 is 19.4 Å². The van der Waals surface area contributed by atoms with Crippen LogP contribution in [0, 0.1) is 0 Å². The highest BCUT2D eigenvalue weighted by molar-refractivity contribution is 6.30. The Morgan fingerprint density at radius 3 is 2.56 bits per heavy atom. The Bertz CT molecular complexity index is 1120. The molecule has 34 heavy (non-hydrogen) atoms. The number of nitrogen functional groups attached to an aromatic ring is 2. The number of rotatable bonds is 5. The Morgan fingerprint density at radius 2 is 1.91 bits per heavy atom. The first-order chi connectivity index (χ1) is 16.3. The summed E-state index contributed by atoms with van der Waals surface area (Å²) in [5.41, 5.74) is 13.6. The number of aromatic nitrogens is 2. The lowest BCUT2D eigenvalue weighted by molar-refractivity contribution is -0.142. The van der Waals surface area contributed by atoms with E-state index in [1.54, 1.807) is 29.2 Å². The largest absolute Gasteiger partial charge is 0.465 e. The number of nitrogens with two attached hydrogens (primary N) is 2. The summed E-state index contributed by atoms with van der Waals surface area (Å²) >= 11 is 5.56. The number of hydrogen-bond acceptors (Lipinski definition) is 7. The van der Waals surface area contributed by atoms with Crippen LogP contribution in [0.4, 0.5) is 16.3 Å². The number of carbonyl (C=O) groups is 2. The van der Waals surface area contributed by atoms with E-state index in [-0.39, 0.29) is 12.5 Å². The fourth-order valence-corrected chi connectivity index (χ4v) is 3.76. The molecule has 1 aromatic heterocycles. The minimum absolute atomic E-state index is 0.210. The summed E-state index contributed by atoms with van der Waals surface area (Å²) in [5.74, 6) is 0.199. The maximum absolute atomic E-state index is 12.8. The van der Waals surface area contributed by atoms with Crippen molar-refractivity contribution in [2.24, 2.45) is 0 Å². The lowest BCUT2D eigenvalue weighted by Gasteiger charge is -2.39. The van der Waals surface area contributed by atoms with Crippen LogP contribution in [0.2, 0.25) is 5.02 Å². The zero-order chi connectivity index (χ0) is 24.7. The number of nitrogens with zero attached hydrogens (tertiary/aromatic N) is 4. The molecule has 0 unspecified atom stereocenters. The molecule has 0 aliphatic carbocycles. The highest BCUT2D eigenvalue weighted by Crippen LogP contribution is 2.21. The summed E-state index contributed by atoms with van der Waals surface area (Å²) < 4.78 is 5.02. The standard InChI is InChI=1S/C17H21N5O4.C6H6ClN/c1-26-7-4-14-16(23)21(5-6-22(14)17(24)25)9-11-2-3-12-13(8-11)19-10-20-15(12)18;7-5-1-3-6(8)4-2-5/h2-3,8,10,14H,4-7,9H2,1H3,(H,24,25)(H2,18,19,20);1-4H,8H2/t14-;/m0./s1. The lowest BCUT2D eigenvalue weighted by Crippen LogP contribution is -2.58. The SMILES string of the molecule is COCC[C@H]1C(=O)N(Cc2ccc3c(N)ncnc3c2)CCN1C(=O)O.Nc1ccc(Cl)cc1. The molecule has 1 fully saturated rings. The molecule has 2 aromatic carbocycles. The second-order valence-corrected chi connectivity index (χ2v) is 8.13. The average molecular weight is 487 g/mol. The van der Waals surface area contributed by atoms with E-state index in [0.717, 1.165) is 21.7 Å². The van der Waals surface area contributed by atoms with Crippen molar-refractivity contribution in [3.05, 3.63) is 59.4 Å². The topological polar surface area (TPSA) is 148 Å². The molecule has 0 radical (unpaired) electrons. The highest BCUT2D eigenvalue weighted by Gasteiger charge is 2.37. The third-order valence-corrected chi connectivity index (χ3v) is 5.65. The molecule has 0 spiro atoms. The Morgan fingerprint density at radius 1 is 1.18 bits per heavy atom. The van der Waals surface area contributed by atoms with Crippen LogP contribution in [-0.4, -0.2) is 69.7 Å². The minimum atomic E-state index is -1.09. The molecular weight excluding hydrogens is 460 g/mol. The number of benzene rings is 2. The third kappa shape index (κ3) is 6.24. The van der Waals surface area contributed by atoms with E-state index in [1.165, 1.54) is 18.3 Å². The summed E-state index contributed by atoms with van der Waals surface area (Å²) in [6.07, 6.45) is 0.649. The van der Waals surface area contributed by atoms with Crippen LogP contribution in [0.1, 0.15) is 12.0 Å². The Hall–Kier alpha value is -3.63. The number of piperazine rings is 1. The molecule has 3 aromatic rings. The molecule has 0 saturated carbocycles. The first kappa shape index (κ1) is 25.0. The van der Waals surface area contributed by atoms with E-state index in [4.69, 9.17) is 27.8 Å². The van der Waals surface area contributed by atoms with Gasteiger partial charge in [0.25, 0.3) is 0 Å². The zero-order valence-electron chi connectivity index (χ0n) is 18.7. The number of amides is 2. The van der Waals surface area contributed by atoms with Gasteiger partial charge in [0.15, 0.2) is 0 Å². The van der Waals surface area contributed by atoms with Gasteiger partial charge in [0.1, 0.15) is 18.2 Å². The molecule has 1 aliphatic heterocycles. The molecule has 4 rings (SSSR count). The quantitative estimate of drug-likeness (QED) is 0.466. The van der Waals surface area contributed by atoms with Crippen molar-refractivity contribution in [1.29, 1.82) is 0 Å². The van der Waals surface area contributed by atoms with E-state index in [0.29, 0.717) is 37.5 Å². The Kier molecular flexibility index (Phi) is 8.44.